The van der Waals surface area contributed by atoms with E-state index in [0.717, 1.165) is 0 Å². The molecule has 0 spiro atoms. The monoisotopic (exact) mass is 433 g/mol. The summed E-state index contributed by atoms with van der Waals surface area (Å²) in [5.41, 5.74) is 10.4. The van der Waals surface area contributed by atoms with Crippen molar-refractivity contribution in [1.29, 1.82) is 0 Å². The van der Waals surface area contributed by atoms with Crippen molar-refractivity contribution in [2.75, 3.05) is 6.61 Å². The first-order chi connectivity index (χ1) is 13.8. The molecule has 14 heteroatoms. The number of carboxylic acid groups (broad SMARTS) is 2. The highest BCUT2D eigenvalue weighted by Gasteiger charge is 2.32. The zero-order valence-electron chi connectivity index (χ0n) is 16.5. The first kappa shape index (κ1) is 26.7. The van der Waals surface area contributed by atoms with E-state index in [9.17, 15) is 33.9 Å². The van der Waals surface area contributed by atoms with Crippen LogP contribution < -0.4 is 27.4 Å². The van der Waals surface area contributed by atoms with Crippen molar-refractivity contribution >= 4 is 35.6 Å². The summed E-state index contributed by atoms with van der Waals surface area (Å²) in [6.45, 7) is 2.11. The van der Waals surface area contributed by atoms with Crippen LogP contribution in [0.25, 0.3) is 0 Å². The van der Waals surface area contributed by atoms with Crippen molar-refractivity contribution in [3.05, 3.63) is 0 Å². The molecule has 0 aliphatic carbocycles. The number of nitrogens with one attached hydrogen (secondary N) is 3. The third kappa shape index (κ3) is 9.29. The summed E-state index contributed by atoms with van der Waals surface area (Å²) in [5, 5.41) is 33.4. The fourth-order valence-corrected chi connectivity index (χ4v) is 2.20. The lowest BCUT2D eigenvalue weighted by atomic mass is 10.0. The molecule has 4 unspecified atom stereocenters. The quantitative estimate of drug-likeness (QED) is 0.139. The van der Waals surface area contributed by atoms with E-state index in [-0.39, 0.29) is 0 Å². The van der Waals surface area contributed by atoms with Crippen LogP contribution >= 0.6 is 0 Å². The molecule has 0 saturated heterocycles. The molecule has 14 nitrogen and oxygen atoms in total. The van der Waals surface area contributed by atoms with Crippen molar-refractivity contribution in [3.63, 3.8) is 0 Å². The second-order valence-corrected chi connectivity index (χ2v) is 6.75. The number of primary amides is 1. The molecule has 0 radical (unpaired) electrons. The van der Waals surface area contributed by atoms with Gasteiger partial charge in [-0.1, -0.05) is 13.8 Å². The normalized spacial score (nSPS) is 14.7. The number of hydrogen-bond donors (Lipinski definition) is 8. The number of rotatable bonds is 13. The molecule has 0 fully saturated rings. The topological polar surface area (TPSA) is 251 Å². The second-order valence-electron chi connectivity index (χ2n) is 6.75. The predicted octanol–water partition coefficient (Wildman–Crippen LogP) is -4.15. The van der Waals surface area contributed by atoms with Crippen molar-refractivity contribution in [2.45, 2.75) is 50.9 Å². The molecule has 0 saturated carbocycles. The number of aliphatic hydroxyl groups excluding tert-OH is 1. The van der Waals surface area contributed by atoms with Crippen LogP contribution in [0.15, 0.2) is 0 Å². The molecule has 0 aliphatic heterocycles. The highest BCUT2D eigenvalue weighted by Crippen LogP contribution is 2.04. The molecule has 0 aliphatic rings. The molecular weight excluding hydrogens is 406 g/mol. The standard InChI is InChI=1S/C16H27N5O9/c1-6(2)12(16(29)30)21-14(27)8(4-10(18)23)19-15(28)9(5-22)20-13(26)7(17)3-11(24)25/h6-9,12,22H,3-5,17H2,1-2H3,(H2,18,23)(H,19,28)(H,20,26)(H,21,27)(H,24,25)(H,29,30). The molecule has 4 amide bonds. The van der Waals surface area contributed by atoms with E-state index in [1.165, 1.54) is 13.8 Å². The molecule has 0 bridgehead atoms. The van der Waals surface area contributed by atoms with E-state index in [0.29, 0.717) is 0 Å². The van der Waals surface area contributed by atoms with Gasteiger partial charge in [-0.15, -0.1) is 0 Å². The van der Waals surface area contributed by atoms with E-state index in [2.05, 4.69) is 10.6 Å². The maximum Gasteiger partial charge on any atom is 0.326 e. The number of carbonyl (C=O) groups is 6. The van der Waals surface area contributed by atoms with Gasteiger partial charge < -0.3 is 42.7 Å². The first-order valence-electron chi connectivity index (χ1n) is 8.80. The lowest BCUT2D eigenvalue weighted by Gasteiger charge is -2.24. The van der Waals surface area contributed by atoms with Crippen LogP contribution in [0, 0.1) is 5.92 Å². The minimum absolute atomic E-state index is 0.517. The number of carbonyl (C=O) groups excluding carboxylic acids is 4. The third-order valence-electron chi connectivity index (χ3n) is 3.82. The third-order valence-corrected chi connectivity index (χ3v) is 3.82. The van der Waals surface area contributed by atoms with Crippen LogP contribution in [0.3, 0.4) is 0 Å². The van der Waals surface area contributed by atoms with E-state index in [1.807, 2.05) is 5.32 Å². The summed E-state index contributed by atoms with van der Waals surface area (Å²) in [4.78, 5) is 69.6. The molecule has 0 aromatic carbocycles. The SMILES string of the molecule is CC(C)C(NC(=O)C(CC(N)=O)NC(=O)C(CO)NC(=O)C(N)CC(=O)O)C(=O)O. The zero-order valence-corrected chi connectivity index (χ0v) is 16.5. The van der Waals surface area contributed by atoms with Gasteiger partial charge in [-0.25, -0.2) is 4.79 Å². The van der Waals surface area contributed by atoms with Crippen LogP contribution in [-0.2, 0) is 28.8 Å². The lowest BCUT2D eigenvalue weighted by Crippen LogP contribution is -2.59. The van der Waals surface area contributed by atoms with Gasteiger partial charge in [-0.3, -0.25) is 24.0 Å². The Kier molecular flexibility index (Phi) is 11.0. The molecule has 170 valence electrons. The first-order valence-corrected chi connectivity index (χ1v) is 8.80. The number of aliphatic carboxylic acids is 2. The van der Waals surface area contributed by atoms with Gasteiger partial charge in [-0.2, -0.15) is 0 Å². The van der Waals surface area contributed by atoms with E-state index < -0.39 is 85.1 Å². The molecule has 0 heterocycles. The number of aliphatic hydroxyl groups is 1. The second kappa shape index (κ2) is 12.3. The fraction of sp³-hybridized carbons (Fsp3) is 0.625. The Morgan fingerprint density at radius 1 is 0.833 bits per heavy atom. The van der Waals surface area contributed by atoms with Crippen molar-refractivity contribution < 1.29 is 44.1 Å². The van der Waals surface area contributed by atoms with Crippen molar-refractivity contribution in [2.24, 2.45) is 17.4 Å². The summed E-state index contributed by atoms with van der Waals surface area (Å²) in [6, 6.07) is -6.03. The van der Waals surface area contributed by atoms with Gasteiger partial charge in [-0.05, 0) is 5.92 Å². The Hall–Kier alpha value is -3.26. The molecule has 0 aromatic rings. The molecule has 30 heavy (non-hydrogen) atoms. The summed E-state index contributed by atoms with van der Waals surface area (Å²) >= 11 is 0. The smallest absolute Gasteiger partial charge is 0.326 e. The summed E-state index contributed by atoms with van der Waals surface area (Å²) in [7, 11) is 0. The van der Waals surface area contributed by atoms with Gasteiger partial charge in [0.2, 0.25) is 23.6 Å². The van der Waals surface area contributed by atoms with Crippen molar-refractivity contribution in [1.82, 2.24) is 16.0 Å². The molecular formula is C16H27N5O9. The fourth-order valence-electron chi connectivity index (χ4n) is 2.20. The zero-order chi connectivity index (χ0) is 23.6. The van der Waals surface area contributed by atoms with Crippen LogP contribution in [0.4, 0.5) is 0 Å². The van der Waals surface area contributed by atoms with Crippen LogP contribution in [0.2, 0.25) is 0 Å². The maximum atomic E-state index is 12.4. The Morgan fingerprint density at radius 3 is 1.73 bits per heavy atom. The van der Waals surface area contributed by atoms with Gasteiger partial charge in [0.1, 0.15) is 18.1 Å². The Balaban J connectivity index is 5.28. The van der Waals surface area contributed by atoms with E-state index >= 15 is 0 Å². The number of carboxylic acids is 2. The van der Waals surface area contributed by atoms with Crippen LogP contribution in [0.5, 0.6) is 0 Å². The molecule has 10 N–H and O–H groups in total. The van der Waals surface area contributed by atoms with E-state index in [4.69, 9.17) is 21.7 Å². The molecule has 0 rings (SSSR count). The van der Waals surface area contributed by atoms with Crippen LogP contribution in [-0.4, -0.2) is 81.7 Å². The molecule has 0 aromatic heterocycles. The maximum absolute atomic E-state index is 12.4. The Morgan fingerprint density at radius 2 is 1.33 bits per heavy atom. The number of amides is 4. The Bertz CT molecular complexity index is 682. The average Bonchev–Trinajstić information content (AvgIpc) is 2.61. The van der Waals surface area contributed by atoms with Gasteiger partial charge in [0.25, 0.3) is 0 Å². The highest BCUT2D eigenvalue weighted by molar-refractivity contribution is 5.96. The minimum Gasteiger partial charge on any atom is -0.481 e. The van der Waals surface area contributed by atoms with Gasteiger partial charge in [0, 0.05) is 0 Å². The highest BCUT2D eigenvalue weighted by atomic mass is 16.4. The Labute approximate surface area is 171 Å². The summed E-state index contributed by atoms with van der Waals surface area (Å²) < 4.78 is 0. The number of nitrogens with two attached hydrogens (primary N) is 2. The van der Waals surface area contributed by atoms with Crippen LogP contribution in [0.1, 0.15) is 26.7 Å². The minimum atomic E-state index is -1.62. The molecule has 4 atom stereocenters. The van der Waals surface area contributed by atoms with Crippen molar-refractivity contribution in [3.8, 4) is 0 Å². The average molecular weight is 433 g/mol. The van der Waals surface area contributed by atoms with Gasteiger partial charge in [0.15, 0.2) is 0 Å². The summed E-state index contributed by atoms with van der Waals surface area (Å²) in [5.74, 6) is -7.38. The van der Waals surface area contributed by atoms with E-state index in [1.54, 1.807) is 0 Å². The van der Waals surface area contributed by atoms with Gasteiger partial charge in [0.05, 0.1) is 25.5 Å². The number of hydrogen-bond acceptors (Lipinski definition) is 8. The summed E-state index contributed by atoms with van der Waals surface area (Å²) in [6.07, 6.45) is -1.42. The largest absolute Gasteiger partial charge is 0.481 e. The predicted molar refractivity (Wildman–Crippen MR) is 99.4 cm³/mol. The van der Waals surface area contributed by atoms with Gasteiger partial charge >= 0.3 is 11.9 Å². The lowest BCUT2D eigenvalue weighted by molar-refractivity contribution is -0.143.